The predicted octanol–water partition coefficient (Wildman–Crippen LogP) is -0.470. The third-order valence-corrected chi connectivity index (χ3v) is 5.29. The van der Waals surface area contributed by atoms with E-state index in [0.29, 0.717) is 0 Å². The van der Waals surface area contributed by atoms with Gasteiger partial charge < -0.3 is 24.7 Å². The van der Waals surface area contributed by atoms with Crippen LogP contribution in [0.1, 0.15) is 13.2 Å². The zero-order chi connectivity index (χ0) is 21.1. The van der Waals surface area contributed by atoms with Crippen LogP contribution >= 0.6 is 7.82 Å². The van der Waals surface area contributed by atoms with Crippen molar-refractivity contribution in [2.75, 3.05) is 6.61 Å². The maximum Gasteiger partial charge on any atom is 0.469 e. The van der Waals surface area contributed by atoms with Crippen LogP contribution in [0.25, 0.3) is 21.7 Å². The van der Waals surface area contributed by atoms with E-state index in [4.69, 9.17) is 14.5 Å². The van der Waals surface area contributed by atoms with E-state index in [1.807, 2.05) is 0 Å². The second-order valence-electron chi connectivity index (χ2n) is 6.87. The molecule has 156 valence electrons. The summed E-state index contributed by atoms with van der Waals surface area (Å²) in [4.78, 5) is 29.7. The summed E-state index contributed by atoms with van der Waals surface area (Å²) >= 11 is 0. The summed E-state index contributed by atoms with van der Waals surface area (Å²) in [6.45, 7) is 0.519. The number of nitrogens with zero attached hydrogens (tertiary/aromatic N) is 3. The number of aromatic nitrogens is 4. The summed E-state index contributed by atoms with van der Waals surface area (Å²) in [5.74, 6) is -0.711. The summed E-state index contributed by atoms with van der Waals surface area (Å²) < 4.78 is 36.3. The molecule has 0 radical (unpaired) electrons. The van der Waals surface area contributed by atoms with Crippen molar-refractivity contribution in [3.05, 3.63) is 34.6 Å². The average molecular weight is 430 g/mol. The molecular weight excluding hydrogens is 414 g/mol. The summed E-state index contributed by atoms with van der Waals surface area (Å²) in [7, 11) is -4.83. The van der Waals surface area contributed by atoms with Gasteiger partial charge in [0.25, 0.3) is 5.56 Å². The molecule has 4 atom stereocenters. The van der Waals surface area contributed by atoms with Crippen molar-refractivity contribution in [1.82, 2.24) is 20.0 Å². The van der Waals surface area contributed by atoms with Crippen molar-refractivity contribution in [3.63, 3.8) is 0 Å². The number of halogens is 1. The van der Waals surface area contributed by atoms with Gasteiger partial charge in [0.1, 0.15) is 29.1 Å². The van der Waals surface area contributed by atoms with Gasteiger partial charge in [-0.05, 0) is 13.0 Å². The molecule has 1 fully saturated rings. The highest BCUT2D eigenvalue weighted by atomic mass is 31.2. The molecule has 5 N–H and O–H groups in total. The fraction of sp³-hybridized carbons (Fsp3) is 0.400. The number of ether oxygens (including phenoxy) is 1. The lowest BCUT2D eigenvalue weighted by atomic mass is 9.97. The Morgan fingerprint density at radius 3 is 2.86 bits per heavy atom. The Hall–Kier alpha value is -2.25. The summed E-state index contributed by atoms with van der Waals surface area (Å²) in [5.41, 5.74) is -2.46. The molecule has 3 heterocycles. The number of hydrogen-bond acceptors (Lipinski definition) is 8. The number of phosphoric acid groups is 1. The van der Waals surface area contributed by atoms with Crippen LogP contribution in [0.4, 0.5) is 4.39 Å². The number of phosphoric ester groups is 1. The summed E-state index contributed by atoms with van der Waals surface area (Å²) in [6.07, 6.45) is -1.87. The van der Waals surface area contributed by atoms with E-state index in [-0.39, 0.29) is 21.7 Å². The first-order valence-corrected chi connectivity index (χ1v) is 9.83. The first-order valence-electron chi connectivity index (χ1n) is 8.30. The minimum atomic E-state index is -4.83. The Kier molecular flexibility index (Phi) is 4.59. The highest BCUT2D eigenvalue weighted by molar-refractivity contribution is 7.46. The van der Waals surface area contributed by atoms with Crippen LogP contribution in [0.2, 0.25) is 0 Å². The fourth-order valence-electron chi connectivity index (χ4n) is 3.41. The van der Waals surface area contributed by atoms with E-state index in [1.165, 1.54) is 19.3 Å². The minimum Gasteiger partial charge on any atom is -0.387 e. The van der Waals surface area contributed by atoms with Crippen LogP contribution in [0.5, 0.6) is 0 Å². The van der Waals surface area contributed by atoms with Gasteiger partial charge in [-0.25, -0.2) is 18.7 Å². The Morgan fingerprint density at radius 2 is 2.17 bits per heavy atom. The van der Waals surface area contributed by atoms with Crippen LogP contribution in [0, 0.1) is 5.82 Å². The maximum atomic E-state index is 14.4. The van der Waals surface area contributed by atoms with Gasteiger partial charge in [-0.2, -0.15) is 10.2 Å². The molecule has 0 bridgehead atoms. The smallest absolute Gasteiger partial charge is 0.387 e. The molecule has 0 unspecified atom stereocenters. The van der Waals surface area contributed by atoms with E-state index in [2.05, 4.69) is 19.8 Å². The number of hydrogen-bond donors (Lipinski definition) is 5. The Balaban J connectivity index is 1.80. The van der Waals surface area contributed by atoms with Crippen LogP contribution in [0.3, 0.4) is 0 Å². The second-order valence-corrected chi connectivity index (χ2v) is 8.11. The zero-order valence-corrected chi connectivity index (χ0v) is 15.7. The lowest BCUT2D eigenvalue weighted by molar-refractivity contribution is -0.102. The average Bonchev–Trinajstić information content (AvgIpc) is 3.01. The summed E-state index contributed by atoms with van der Waals surface area (Å²) in [5, 5.41) is 31.5. The van der Waals surface area contributed by atoms with Gasteiger partial charge in [0.15, 0.2) is 6.23 Å². The minimum absolute atomic E-state index is 0.0114. The topological polar surface area (TPSA) is 180 Å². The van der Waals surface area contributed by atoms with Crippen LogP contribution < -0.4 is 5.56 Å². The van der Waals surface area contributed by atoms with E-state index in [1.54, 1.807) is 0 Å². The molecule has 3 aromatic rings. The molecule has 0 saturated carbocycles. The molecule has 4 rings (SSSR count). The Bertz CT molecular complexity index is 1200. The van der Waals surface area contributed by atoms with E-state index in [9.17, 15) is 24.0 Å². The first-order chi connectivity index (χ1) is 13.5. The van der Waals surface area contributed by atoms with E-state index >= 15 is 0 Å². The molecule has 14 heteroatoms. The largest absolute Gasteiger partial charge is 0.469 e. The molecule has 2 aromatic heterocycles. The lowest BCUT2D eigenvalue weighted by Crippen LogP contribution is -2.44. The Morgan fingerprint density at radius 1 is 1.45 bits per heavy atom. The molecule has 1 aliphatic rings. The SMILES string of the molecule is C[C@@]1(O)[C@H](O)[C@@H](COP(=O)(O)O)O[C@H]1n1cc2c(F)cc3c(=O)[nH]ncc(n1)c23. The number of aromatic amines is 1. The van der Waals surface area contributed by atoms with Gasteiger partial charge >= 0.3 is 7.82 Å². The molecule has 29 heavy (non-hydrogen) atoms. The number of H-pyrrole nitrogens is 1. The maximum absolute atomic E-state index is 14.4. The molecule has 0 aliphatic carbocycles. The zero-order valence-electron chi connectivity index (χ0n) is 14.8. The number of aliphatic hydroxyl groups excluding tert-OH is 1. The molecule has 1 aliphatic heterocycles. The normalized spacial score (nSPS) is 27.9. The second kappa shape index (κ2) is 6.64. The van der Waals surface area contributed by atoms with Crippen molar-refractivity contribution in [2.24, 2.45) is 0 Å². The van der Waals surface area contributed by atoms with Gasteiger partial charge in [0.05, 0.1) is 18.2 Å². The Labute approximate surface area is 160 Å². The van der Waals surface area contributed by atoms with Crippen LogP contribution in [-0.2, 0) is 13.8 Å². The molecule has 0 spiro atoms. The summed E-state index contributed by atoms with van der Waals surface area (Å²) in [6, 6.07) is 1.03. The van der Waals surface area contributed by atoms with Gasteiger partial charge in [-0.15, -0.1) is 0 Å². The van der Waals surface area contributed by atoms with Gasteiger partial charge in [0.2, 0.25) is 0 Å². The molecule has 0 amide bonds. The number of rotatable bonds is 4. The van der Waals surface area contributed by atoms with Crippen molar-refractivity contribution in [2.45, 2.75) is 31.0 Å². The van der Waals surface area contributed by atoms with E-state index in [0.717, 1.165) is 10.7 Å². The van der Waals surface area contributed by atoms with Crippen LogP contribution in [-0.4, -0.2) is 64.4 Å². The number of aliphatic hydroxyl groups is 2. The van der Waals surface area contributed by atoms with Crippen LogP contribution in [0.15, 0.2) is 23.3 Å². The van der Waals surface area contributed by atoms with Crippen molar-refractivity contribution in [3.8, 4) is 0 Å². The quantitative estimate of drug-likeness (QED) is 0.340. The monoisotopic (exact) mass is 430 g/mol. The predicted molar refractivity (Wildman–Crippen MR) is 94.1 cm³/mol. The first kappa shape index (κ1) is 20.0. The number of nitrogens with one attached hydrogen (secondary N) is 1. The molecular formula is C15H16FN4O8P. The third-order valence-electron chi connectivity index (χ3n) is 4.81. The van der Waals surface area contributed by atoms with E-state index < -0.39 is 49.8 Å². The van der Waals surface area contributed by atoms with Crippen molar-refractivity contribution >= 4 is 29.5 Å². The highest BCUT2D eigenvalue weighted by Crippen LogP contribution is 2.42. The molecule has 12 nitrogen and oxygen atoms in total. The van der Waals surface area contributed by atoms with Crippen molar-refractivity contribution < 1.29 is 38.2 Å². The standard InChI is InChI=1S/C15H16FN4O8P/c1-15(23)12(21)10(5-27-29(24,25)26)28-14(15)20-4-7-8(16)2-6-11(7)9(19-20)3-17-18-13(6)22/h2-4,10,12,14,21,23H,5H2,1H3,(H,18,22)(H2,24,25,26)/t10-,12-,14-,15-/m1/s1. The van der Waals surface area contributed by atoms with Gasteiger partial charge in [-0.1, -0.05) is 0 Å². The van der Waals surface area contributed by atoms with Gasteiger partial charge in [-0.3, -0.25) is 9.32 Å². The molecule has 1 saturated heterocycles. The van der Waals surface area contributed by atoms with Gasteiger partial charge in [0, 0.05) is 17.0 Å². The molecule has 1 aromatic carbocycles. The lowest BCUT2D eigenvalue weighted by Gasteiger charge is -2.27. The fourth-order valence-corrected chi connectivity index (χ4v) is 3.75. The van der Waals surface area contributed by atoms with Crippen molar-refractivity contribution in [1.29, 1.82) is 0 Å². The third kappa shape index (κ3) is 3.36. The highest BCUT2D eigenvalue weighted by Gasteiger charge is 2.53.